The van der Waals surface area contributed by atoms with Gasteiger partial charge in [-0.05, 0) is 37.1 Å². The fraction of sp³-hybridized carbons (Fsp3) is 0.312. The van der Waals surface area contributed by atoms with Gasteiger partial charge in [0, 0.05) is 24.4 Å². The number of benzene rings is 1. The quantitative estimate of drug-likeness (QED) is 0.676. The molecule has 1 unspecified atom stereocenters. The largest absolute Gasteiger partial charge is 0.467 e. The molecule has 0 spiro atoms. The highest BCUT2D eigenvalue weighted by Crippen LogP contribution is 2.30. The molecular weight excluding hydrogens is 298 g/mol. The number of nitro groups is 1. The Hall–Kier alpha value is -2.83. The summed E-state index contributed by atoms with van der Waals surface area (Å²) in [6.07, 6.45) is 2.28. The zero-order chi connectivity index (χ0) is 16.4. The summed E-state index contributed by atoms with van der Waals surface area (Å²) in [7, 11) is 0. The zero-order valence-electron chi connectivity index (χ0n) is 12.7. The van der Waals surface area contributed by atoms with Gasteiger partial charge in [-0.2, -0.15) is 0 Å². The van der Waals surface area contributed by atoms with Gasteiger partial charge in [0.2, 0.25) is 5.91 Å². The van der Waals surface area contributed by atoms with Crippen molar-refractivity contribution in [2.24, 2.45) is 0 Å². The number of nitrogens with one attached hydrogen (secondary N) is 1. The third kappa shape index (κ3) is 3.18. The van der Waals surface area contributed by atoms with Gasteiger partial charge in [0.15, 0.2) is 0 Å². The van der Waals surface area contributed by atoms with Crippen molar-refractivity contribution < 1.29 is 14.1 Å². The van der Waals surface area contributed by atoms with Gasteiger partial charge in [0.05, 0.1) is 23.8 Å². The number of anilines is 1. The first kappa shape index (κ1) is 15.1. The van der Waals surface area contributed by atoms with Crippen molar-refractivity contribution >= 4 is 17.3 Å². The minimum Gasteiger partial charge on any atom is -0.467 e. The van der Waals surface area contributed by atoms with E-state index in [1.54, 1.807) is 24.5 Å². The zero-order valence-corrected chi connectivity index (χ0v) is 12.7. The second-order valence-corrected chi connectivity index (χ2v) is 5.55. The van der Waals surface area contributed by atoms with E-state index in [0.29, 0.717) is 18.7 Å². The highest BCUT2D eigenvalue weighted by atomic mass is 16.6. The number of fused-ring (bicyclic) bond motifs is 1. The van der Waals surface area contributed by atoms with Crippen LogP contribution < -0.4 is 10.2 Å². The predicted octanol–water partition coefficient (Wildman–Crippen LogP) is 2.43. The first-order chi connectivity index (χ1) is 11.0. The lowest BCUT2D eigenvalue weighted by Gasteiger charge is -2.20. The van der Waals surface area contributed by atoms with Gasteiger partial charge in [-0.15, -0.1) is 0 Å². The molecular formula is C16H17N3O4. The summed E-state index contributed by atoms with van der Waals surface area (Å²) in [5.41, 5.74) is 1.88. The molecule has 1 aromatic carbocycles. The van der Waals surface area contributed by atoms with E-state index in [1.165, 1.54) is 6.07 Å². The average molecular weight is 315 g/mol. The molecule has 2 heterocycles. The molecule has 1 aliphatic rings. The second-order valence-electron chi connectivity index (χ2n) is 5.55. The van der Waals surface area contributed by atoms with Gasteiger partial charge in [-0.3, -0.25) is 14.9 Å². The van der Waals surface area contributed by atoms with Gasteiger partial charge in [0.25, 0.3) is 5.69 Å². The monoisotopic (exact) mass is 315 g/mol. The molecule has 1 atom stereocenters. The molecule has 3 rings (SSSR count). The highest BCUT2D eigenvalue weighted by Gasteiger charge is 2.24. The molecule has 0 saturated heterocycles. The van der Waals surface area contributed by atoms with Crippen LogP contribution in [0.2, 0.25) is 0 Å². The van der Waals surface area contributed by atoms with Crippen molar-refractivity contribution in [1.29, 1.82) is 0 Å². The Balaban J connectivity index is 1.64. The van der Waals surface area contributed by atoms with Crippen molar-refractivity contribution in [2.75, 3.05) is 18.0 Å². The molecule has 1 aliphatic heterocycles. The molecule has 0 radical (unpaired) electrons. The van der Waals surface area contributed by atoms with Gasteiger partial charge in [0.1, 0.15) is 5.76 Å². The number of non-ortho nitro benzene ring substituents is 1. The van der Waals surface area contributed by atoms with Crippen LogP contribution in [0.25, 0.3) is 0 Å². The maximum absolute atomic E-state index is 12.2. The SMILES string of the molecule is CC(NC(=O)CN1CCc2cc([N+](=O)[O-])ccc21)c1ccco1. The number of carbonyl (C=O) groups excluding carboxylic acids is 1. The smallest absolute Gasteiger partial charge is 0.269 e. The van der Waals surface area contributed by atoms with E-state index in [2.05, 4.69) is 5.32 Å². The number of nitro benzene ring substituents is 1. The molecule has 1 aromatic heterocycles. The van der Waals surface area contributed by atoms with Crippen LogP contribution in [-0.2, 0) is 11.2 Å². The fourth-order valence-corrected chi connectivity index (χ4v) is 2.80. The number of hydrogen-bond acceptors (Lipinski definition) is 5. The Morgan fingerprint density at radius 3 is 3.00 bits per heavy atom. The minimum atomic E-state index is -0.402. The Bertz CT molecular complexity index is 727. The Morgan fingerprint density at radius 2 is 2.30 bits per heavy atom. The van der Waals surface area contributed by atoms with E-state index < -0.39 is 4.92 Å². The summed E-state index contributed by atoms with van der Waals surface area (Å²) in [6.45, 7) is 2.76. The van der Waals surface area contributed by atoms with E-state index in [1.807, 2.05) is 17.9 Å². The van der Waals surface area contributed by atoms with Crippen LogP contribution in [0.15, 0.2) is 41.0 Å². The van der Waals surface area contributed by atoms with E-state index in [9.17, 15) is 14.9 Å². The van der Waals surface area contributed by atoms with Crippen LogP contribution in [-0.4, -0.2) is 23.9 Å². The molecule has 7 nitrogen and oxygen atoms in total. The summed E-state index contributed by atoms with van der Waals surface area (Å²) in [5, 5.41) is 13.7. The number of nitrogens with zero attached hydrogens (tertiary/aromatic N) is 2. The maximum Gasteiger partial charge on any atom is 0.269 e. The van der Waals surface area contributed by atoms with Crippen molar-refractivity contribution in [2.45, 2.75) is 19.4 Å². The van der Waals surface area contributed by atoms with Crippen LogP contribution >= 0.6 is 0 Å². The maximum atomic E-state index is 12.2. The molecule has 0 saturated carbocycles. The summed E-state index contributed by atoms with van der Waals surface area (Å²) in [4.78, 5) is 24.5. The first-order valence-corrected chi connectivity index (χ1v) is 7.39. The lowest BCUT2D eigenvalue weighted by atomic mass is 10.1. The van der Waals surface area contributed by atoms with Gasteiger partial charge in [-0.25, -0.2) is 0 Å². The standard InChI is InChI=1S/C16H17N3O4/c1-11(15-3-2-8-23-15)17-16(20)10-18-7-6-12-9-13(19(21)22)4-5-14(12)18/h2-5,8-9,11H,6-7,10H2,1H3,(H,17,20). The molecule has 0 aliphatic carbocycles. The number of rotatable bonds is 5. The van der Waals surface area contributed by atoms with Crippen molar-refractivity contribution in [3.63, 3.8) is 0 Å². The molecule has 23 heavy (non-hydrogen) atoms. The van der Waals surface area contributed by atoms with E-state index >= 15 is 0 Å². The second kappa shape index (κ2) is 6.12. The van der Waals surface area contributed by atoms with Crippen LogP contribution in [0.5, 0.6) is 0 Å². The van der Waals surface area contributed by atoms with Crippen LogP contribution in [0.4, 0.5) is 11.4 Å². The van der Waals surface area contributed by atoms with E-state index in [-0.39, 0.29) is 24.2 Å². The highest BCUT2D eigenvalue weighted by molar-refractivity contribution is 5.82. The average Bonchev–Trinajstić information content (AvgIpc) is 3.16. The lowest BCUT2D eigenvalue weighted by molar-refractivity contribution is -0.384. The number of carbonyl (C=O) groups is 1. The number of hydrogen-bond donors (Lipinski definition) is 1. The Kier molecular flexibility index (Phi) is 4.01. The third-order valence-electron chi connectivity index (χ3n) is 3.95. The summed E-state index contributed by atoms with van der Waals surface area (Å²) >= 11 is 0. The van der Waals surface area contributed by atoms with Crippen molar-refractivity contribution in [3.05, 3.63) is 58.0 Å². The van der Waals surface area contributed by atoms with E-state index in [0.717, 1.165) is 11.3 Å². The fourth-order valence-electron chi connectivity index (χ4n) is 2.80. The lowest BCUT2D eigenvalue weighted by Crippen LogP contribution is -2.37. The predicted molar refractivity (Wildman–Crippen MR) is 84.3 cm³/mol. The van der Waals surface area contributed by atoms with E-state index in [4.69, 9.17) is 4.42 Å². The van der Waals surface area contributed by atoms with Crippen molar-refractivity contribution in [1.82, 2.24) is 5.32 Å². The topological polar surface area (TPSA) is 88.6 Å². The Labute approximate surface area is 133 Å². The molecule has 0 fully saturated rings. The Morgan fingerprint density at radius 1 is 1.48 bits per heavy atom. The van der Waals surface area contributed by atoms with Crippen molar-refractivity contribution in [3.8, 4) is 0 Å². The van der Waals surface area contributed by atoms with Gasteiger partial charge in [-0.1, -0.05) is 0 Å². The van der Waals surface area contributed by atoms with Gasteiger partial charge >= 0.3 is 0 Å². The molecule has 1 N–H and O–H groups in total. The molecule has 7 heteroatoms. The normalized spacial score (nSPS) is 14.4. The minimum absolute atomic E-state index is 0.0847. The molecule has 0 bridgehead atoms. The molecule has 1 amide bonds. The van der Waals surface area contributed by atoms with Crippen LogP contribution in [0.3, 0.4) is 0 Å². The first-order valence-electron chi connectivity index (χ1n) is 7.39. The van der Waals surface area contributed by atoms with Crippen LogP contribution in [0, 0.1) is 10.1 Å². The molecule has 120 valence electrons. The third-order valence-corrected chi connectivity index (χ3v) is 3.95. The van der Waals surface area contributed by atoms with Gasteiger partial charge < -0.3 is 14.6 Å². The van der Waals surface area contributed by atoms with Crippen LogP contribution in [0.1, 0.15) is 24.3 Å². The number of furan rings is 1. The summed E-state index contributed by atoms with van der Waals surface area (Å²) in [6, 6.07) is 8.16. The molecule has 2 aromatic rings. The number of amides is 1. The summed E-state index contributed by atoms with van der Waals surface area (Å²) < 4.78 is 5.27. The summed E-state index contributed by atoms with van der Waals surface area (Å²) in [5.74, 6) is 0.593.